The number of ether oxygens (including phenoxy) is 1. The Morgan fingerprint density at radius 1 is 1.06 bits per heavy atom. The molecule has 0 aromatic heterocycles. The summed E-state index contributed by atoms with van der Waals surface area (Å²) in [4.78, 5) is 0. The van der Waals surface area contributed by atoms with Crippen LogP contribution in [0.25, 0.3) is 0 Å². The van der Waals surface area contributed by atoms with Gasteiger partial charge in [-0.1, -0.05) is 0 Å². The van der Waals surface area contributed by atoms with Gasteiger partial charge in [-0.3, -0.25) is 4.55 Å². The molecule has 0 aromatic carbocycles. The average molecular weight is 260 g/mol. The molecule has 5 heteroatoms. The second kappa shape index (κ2) is 3.93. The van der Waals surface area contributed by atoms with E-state index in [1.54, 1.807) is 0 Å². The molecule has 4 nitrogen and oxygen atoms in total. The van der Waals surface area contributed by atoms with Crippen LogP contribution < -0.4 is 0 Å². The lowest BCUT2D eigenvalue weighted by Crippen LogP contribution is -2.52. The highest BCUT2D eigenvalue weighted by Gasteiger charge is 2.51. The van der Waals surface area contributed by atoms with Crippen LogP contribution in [0.1, 0.15) is 38.5 Å². The molecule has 4 aliphatic rings. The van der Waals surface area contributed by atoms with Crippen LogP contribution in [-0.4, -0.2) is 30.9 Å². The molecule has 0 aromatic rings. The van der Waals surface area contributed by atoms with Gasteiger partial charge >= 0.3 is 0 Å². The molecule has 0 aliphatic heterocycles. The van der Waals surface area contributed by atoms with Crippen molar-refractivity contribution in [3.8, 4) is 0 Å². The fraction of sp³-hybridized carbons (Fsp3) is 1.00. The summed E-state index contributed by atoms with van der Waals surface area (Å²) < 4.78 is 36.0. The third-order valence-electron chi connectivity index (χ3n) is 4.73. The summed E-state index contributed by atoms with van der Waals surface area (Å²) in [6.45, 7) is 0.144. The highest BCUT2D eigenvalue weighted by atomic mass is 32.2. The van der Waals surface area contributed by atoms with E-state index in [0.717, 1.165) is 37.0 Å². The number of rotatable bonds is 4. The Bertz CT molecular complexity index is 365. The van der Waals surface area contributed by atoms with E-state index in [4.69, 9.17) is 9.29 Å². The van der Waals surface area contributed by atoms with Crippen LogP contribution in [-0.2, 0) is 14.9 Å². The van der Waals surface area contributed by atoms with Crippen LogP contribution in [0.2, 0.25) is 0 Å². The average Bonchev–Trinajstić information content (AvgIpc) is 2.11. The highest BCUT2D eigenvalue weighted by Crippen LogP contribution is 2.57. The Balaban J connectivity index is 1.62. The molecule has 98 valence electrons. The SMILES string of the molecule is O=S(=O)(O)CCOC12CC3CC(CC(C3)C1)C2. The van der Waals surface area contributed by atoms with Gasteiger partial charge in [-0.15, -0.1) is 0 Å². The van der Waals surface area contributed by atoms with Gasteiger partial charge in [-0.05, 0) is 56.3 Å². The van der Waals surface area contributed by atoms with Crippen molar-refractivity contribution in [2.24, 2.45) is 17.8 Å². The zero-order chi connectivity index (χ0) is 12.1. The van der Waals surface area contributed by atoms with Gasteiger partial charge < -0.3 is 4.74 Å². The lowest BCUT2D eigenvalue weighted by Gasteiger charge is -2.56. The standard InChI is InChI=1S/C12H20O4S/c13-17(14,15)2-1-16-12-6-9-3-10(7-12)5-11(4-9)8-12/h9-11H,1-8H2,(H,13,14,15). The highest BCUT2D eigenvalue weighted by molar-refractivity contribution is 7.85. The van der Waals surface area contributed by atoms with Crippen LogP contribution in [0.3, 0.4) is 0 Å². The van der Waals surface area contributed by atoms with Gasteiger partial charge in [-0.2, -0.15) is 8.42 Å². The minimum absolute atomic E-state index is 0.0561. The summed E-state index contributed by atoms with van der Waals surface area (Å²) in [6.07, 6.45) is 7.35. The maximum absolute atomic E-state index is 10.7. The maximum Gasteiger partial charge on any atom is 0.267 e. The van der Waals surface area contributed by atoms with Gasteiger partial charge in [0.15, 0.2) is 0 Å². The molecular formula is C12H20O4S. The molecule has 4 saturated carbocycles. The summed E-state index contributed by atoms with van der Waals surface area (Å²) >= 11 is 0. The summed E-state index contributed by atoms with van der Waals surface area (Å²) in [5, 5.41) is 0. The Labute approximate surface area is 102 Å². The molecule has 1 N–H and O–H groups in total. The Kier molecular flexibility index (Phi) is 2.76. The predicted molar refractivity (Wildman–Crippen MR) is 63.3 cm³/mol. The van der Waals surface area contributed by atoms with Crippen molar-refractivity contribution in [1.29, 1.82) is 0 Å². The van der Waals surface area contributed by atoms with Gasteiger partial charge in [0.05, 0.1) is 18.0 Å². The lowest BCUT2D eigenvalue weighted by atomic mass is 9.54. The Hall–Kier alpha value is -0.130. The third-order valence-corrected chi connectivity index (χ3v) is 5.41. The van der Waals surface area contributed by atoms with E-state index in [9.17, 15) is 8.42 Å². The van der Waals surface area contributed by atoms with Gasteiger partial charge in [-0.25, -0.2) is 0 Å². The van der Waals surface area contributed by atoms with Crippen molar-refractivity contribution in [2.75, 3.05) is 12.4 Å². The molecule has 0 spiro atoms. The minimum Gasteiger partial charge on any atom is -0.374 e. The summed E-state index contributed by atoms with van der Waals surface area (Å²) in [6, 6.07) is 0. The summed E-state index contributed by atoms with van der Waals surface area (Å²) in [5.74, 6) is 2.13. The van der Waals surface area contributed by atoms with E-state index < -0.39 is 10.1 Å². The molecule has 17 heavy (non-hydrogen) atoms. The first-order valence-corrected chi connectivity index (χ1v) is 8.14. The van der Waals surface area contributed by atoms with Gasteiger partial charge in [0.1, 0.15) is 0 Å². The number of hydrogen-bond donors (Lipinski definition) is 1. The molecule has 4 bridgehead atoms. The van der Waals surface area contributed by atoms with Crippen LogP contribution in [0.5, 0.6) is 0 Å². The molecule has 0 saturated heterocycles. The largest absolute Gasteiger partial charge is 0.374 e. The van der Waals surface area contributed by atoms with E-state index in [1.807, 2.05) is 0 Å². The zero-order valence-electron chi connectivity index (χ0n) is 9.97. The van der Waals surface area contributed by atoms with Crippen molar-refractivity contribution < 1.29 is 17.7 Å². The van der Waals surface area contributed by atoms with Gasteiger partial charge in [0.25, 0.3) is 10.1 Å². The first kappa shape index (κ1) is 11.9. The van der Waals surface area contributed by atoms with Crippen molar-refractivity contribution in [2.45, 2.75) is 44.1 Å². The topological polar surface area (TPSA) is 63.6 Å². The Morgan fingerprint density at radius 3 is 1.94 bits per heavy atom. The lowest BCUT2D eigenvalue weighted by molar-refractivity contribution is -0.158. The molecule has 4 fully saturated rings. The molecule has 4 rings (SSSR count). The van der Waals surface area contributed by atoms with Crippen molar-refractivity contribution in [3.63, 3.8) is 0 Å². The summed E-state index contributed by atoms with van der Waals surface area (Å²) in [7, 11) is -3.88. The quantitative estimate of drug-likeness (QED) is 0.784. The normalized spacial score (nSPS) is 44.2. The van der Waals surface area contributed by atoms with Gasteiger partial charge in [0, 0.05) is 0 Å². The third kappa shape index (κ3) is 2.51. The molecule has 0 atom stereocenters. The first-order chi connectivity index (χ1) is 7.94. The maximum atomic E-state index is 10.7. The minimum atomic E-state index is -3.88. The van der Waals surface area contributed by atoms with E-state index in [1.165, 1.54) is 19.3 Å². The molecule has 0 heterocycles. The molecule has 0 radical (unpaired) electrons. The monoisotopic (exact) mass is 260 g/mol. The zero-order valence-corrected chi connectivity index (χ0v) is 10.8. The second-order valence-corrected chi connectivity index (χ2v) is 7.81. The fourth-order valence-corrected chi connectivity index (χ4v) is 4.87. The fourth-order valence-electron chi connectivity index (χ4n) is 4.57. The molecule has 4 aliphatic carbocycles. The number of hydrogen-bond acceptors (Lipinski definition) is 3. The van der Waals surface area contributed by atoms with E-state index in [2.05, 4.69) is 0 Å². The molecular weight excluding hydrogens is 240 g/mol. The first-order valence-electron chi connectivity index (χ1n) is 6.53. The van der Waals surface area contributed by atoms with E-state index in [0.29, 0.717) is 0 Å². The van der Waals surface area contributed by atoms with Crippen LogP contribution in [0.15, 0.2) is 0 Å². The Morgan fingerprint density at radius 2 is 1.53 bits per heavy atom. The molecule has 0 unspecified atom stereocenters. The van der Waals surface area contributed by atoms with Crippen molar-refractivity contribution in [3.05, 3.63) is 0 Å². The van der Waals surface area contributed by atoms with E-state index in [-0.39, 0.29) is 18.0 Å². The summed E-state index contributed by atoms with van der Waals surface area (Å²) in [5.41, 5.74) is -0.0561. The predicted octanol–water partition coefficient (Wildman–Crippen LogP) is 1.86. The van der Waals surface area contributed by atoms with Crippen LogP contribution in [0, 0.1) is 17.8 Å². The van der Waals surface area contributed by atoms with Crippen LogP contribution in [0.4, 0.5) is 0 Å². The van der Waals surface area contributed by atoms with Gasteiger partial charge in [0.2, 0.25) is 0 Å². The van der Waals surface area contributed by atoms with E-state index >= 15 is 0 Å². The van der Waals surface area contributed by atoms with Crippen molar-refractivity contribution in [1.82, 2.24) is 0 Å². The van der Waals surface area contributed by atoms with Crippen molar-refractivity contribution >= 4 is 10.1 Å². The smallest absolute Gasteiger partial charge is 0.267 e. The van der Waals surface area contributed by atoms with Crippen LogP contribution >= 0.6 is 0 Å². The second-order valence-electron chi connectivity index (χ2n) is 6.24. The molecule has 0 amide bonds.